The van der Waals surface area contributed by atoms with E-state index in [4.69, 9.17) is 0 Å². The highest BCUT2D eigenvalue weighted by Gasteiger charge is 2.33. The zero-order chi connectivity index (χ0) is 10.1. The smallest absolute Gasteiger partial charge is 0.0921 e. The topological polar surface area (TPSA) is 31.9 Å². The van der Waals surface area contributed by atoms with Crippen LogP contribution in [0.25, 0.3) is 0 Å². The summed E-state index contributed by atoms with van der Waals surface area (Å²) in [4.78, 5) is 9.89. The lowest BCUT2D eigenvalue weighted by Gasteiger charge is -2.27. The van der Waals surface area contributed by atoms with Crippen LogP contribution in [-0.4, -0.2) is 33.5 Å². The van der Waals surface area contributed by atoms with Crippen molar-refractivity contribution in [3.63, 3.8) is 0 Å². The summed E-state index contributed by atoms with van der Waals surface area (Å²) in [6.45, 7) is 8.07. The Morgan fingerprint density at radius 1 is 1.57 bits per heavy atom. The van der Waals surface area contributed by atoms with Crippen molar-refractivity contribution in [3.05, 3.63) is 18.2 Å². The van der Waals surface area contributed by atoms with Gasteiger partial charge in [0.05, 0.1) is 6.33 Å². The summed E-state index contributed by atoms with van der Waals surface area (Å²) in [6.07, 6.45) is 4.99. The fourth-order valence-electron chi connectivity index (χ4n) is 2.58. The van der Waals surface area contributed by atoms with Crippen LogP contribution in [-0.2, 0) is 0 Å². The Morgan fingerprint density at radius 3 is 2.86 bits per heavy atom. The molecule has 0 bridgehead atoms. The van der Waals surface area contributed by atoms with Crippen LogP contribution < -0.4 is 0 Å². The van der Waals surface area contributed by atoms with Gasteiger partial charge in [0.15, 0.2) is 0 Å². The van der Waals surface area contributed by atoms with E-state index in [9.17, 15) is 0 Å². The second kappa shape index (κ2) is 3.73. The average molecular weight is 193 g/mol. The minimum Gasteiger partial charge on any atom is -0.348 e. The Labute approximate surface area is 85.5 Å². The van der Waals surface area contributed by atoms with Gasteiger partial charge in [0.1, 0.15) is 0 Å². The van der Waals surface area contributed by atoms with Gasteiger partial charge in [-0.1, -0.05) is 0 Å². The van der Waals surface area contributed by atoms with Crippen molar-refractivity contribution in [2.24, 2.45) is 0 Å². The number of aromatic amines is 1. The SMILES string of the molecule is CC(C)N1CCC(c2cnc[nH]2)[C@H]1C. The molecule has 1 aliphatic rings. The van der Waals surface area contributed by atoms with E-state index in [1.807, 2.05) is 6.20 Å². The van der Waals surface area contributed by atoms with E-state index < -0.39 is 0 Å². The molecule has 2 heterocycles. The first-order chi connectivity index (χ1) is 6.70. The maximum Gasteiger partial charge on any atom is 0.0921 e. The first kappa shape index (κ1) is 9.71. The third-order valence-corrected chi connectivity index (χ3v) is 3.39. The molecule has 0 spiro atoms. The lowest BCUT2D eigenvalue weighted by atomic mass is 9.98. The first-order valence-electron chi connectivity index (χ1n) is 5.44. The fraction of sp³-hybridized carbons (Fsp3) is 0.727. The molecular formula is C11H19N3. The Hall–Kier alpha value is -0.830. The predicted molar refractivity (Wildman–Crippen MR) is 57.2 cm³/mol. The number of nitrogens with one attached hydrogen (secondary N) is 1. The number of likely N-dealkylation sites (tertiary alicyclic amines) is 1. The molecule has 78 valence electrons. The third-order valence-electron chi connectivity index (χ3n) is 3.39. The molecule has 1 aliphatic heterocycles. The molecule has 2 rings (SSSR count). The predicted octanol–water partition coefficient (Wildman–Crippen LogP) is 2.00. The number of aromatic nitrogens is 2. The lowest BCUT2D eigenvalue weighted by molar-refractivity contribution is 0.208. The van der Waals surface area contributed by atoms with Crippen LogP contribution in [0.2, 0.25) is 0 Å². The molecule has 0 aliphatic carbocycles. The quantitative estimate of drug-likeness (QED) is 0.779. The number of H-pyrrole nitrogens is 1. The molecule has 1 fully saturated rings. The molecule has 0 amide bonds. The molecule has 1 N–H and O–H groups in total. The van der Waals surface area contributed by atoms with Crippen LogP contribution in [0, 0.1) is 0 Å². The van der Waals surface area contributed by atoms with Gasteiger partial charge in [0.25, 0.3) is 0 Å². The summed E-state index contributed by atoms with van der Waals surface area (Å²) in [6, 6.07) is 1.29. The number of hydrogen-bond acceptors (Lipinski definition) is 2. The second-order valence-corrected chi connectivity index (χ2v) is 4.47. The Morgan fingerprint density at radius 2 is 2.36 bits per heavy atom. The molecule has 0 aromatic carbocycles. The van der Waals surface area contributed by atoms with E-state index in [2.05, 4.69) is 35.6 Å². The van der Waals surface area contributed by atoms with E-state index in [1.165, 1.54) is 18.7 Å². The lowest BCUT2D eigenvalue weighted by Crippen LogP contribution is -2.35. The standard InChI is InChI=1S/C11H19N3/c1-8(2)14-5-4-10(9(14)3)11-6-12-7-13-11/h6-10H,4-5H2,1-3H3,(H,12,13)/t9-,10?/m1/s1. The molecule has 1 saturated heterocycles. The highest BCUT2D eigenvalue weighted by Crippen LogP contribution is 2.32. The van der Waals surface area contributed by atoms with Gasteiger partial charge in [0, 0.05) is 29.9 Å². The molecule has 3 heteroatoms. The van der Waals surface area contributed by atoms with Crippen molar-refractivity contribution in [3.8, 4) is 0 Å². The summed E-state index contributed by atoms with van der Waals surface area (Å²) in [5.41, 5.74) is 1.29. The number of rotatable bonds is 2. The Kier molecular flexibility index (Phi) is 2.59. The zero-order valence-electron chi connectivity index (χ0n) is 9.20. The van der Waals surface area contributed by atoms with Crippen LogP contribution in [0.3, 0.4) is 0 Å². The maximum absolute atomic E-state index is 4.10. The van der Waals surface area contributed by atoms with Crippen molar-refractivity contribution in [2.45, 2.75) is 45.2 Å². The minimum absolute atomic E-state index is 0.635. The molecule has 0 radical (unpaired) electrons. The number of hydrogen-bond donors (Lipinski definition) is 1. The molecule has 1 aromatic rings. The van der Waals surface area contributed by atoms with Crippen LogP contribution in [0.1, 0.15) is 38.8 Å². The van der Waals surface area contributed by atoms with Crippen LogP contribution in [0.4, 0.5) is 0 Å². The van der Waals surface area contributed by atoms with Crippen LogP contribution in [0.15, 0.2) is 12.5 Å². The summed E-state index contributed by atoms with van der Waals surface area (Å²) in [7, 11) is 0. The van der Waals surface area contributed by atoms with Crippen molar-refractivity contribution in [1.29, 1.82) is 0 Å². The molecular weight excluding hydrogens is 174 g/mol. The van der Waals surface area contributed by atoms with Crippen molar-refractivity contribution in [2.75, 3.05) is 6.54 Å². The molecule has 1 aromatic heterocycles. The van der Waals surface area contributed by atoms with E-state index in [0.29, 0.717) is 18.0 Å². The minimum atomic E-state index is 0.635. The van der Waals surface area contributed by atoms with E-state index in [1.54, 1.807) is 6.33 Å². The molecule has 14 heavy (non-hydrogen) atoms. The van der Waals surface area contributed by atoms with Gasteiger partial charge in [-0.3, -0.25) is 4.90 Å². The molecule has 0 saturated carbocycles. The van der Waals surface area contributed by atoms with Gasteiger partial charge >= 0.3 is 0 Å². The van der Waals surface area contributed by atoms with Gasteiger partial charge < -0.3 is 4.98 Å². The maximum atomic E-state index is 4.10. The Bertz CT molecular complexity index is 279. The van der Waals surface area contributed by atoms with Crippen molar-refractivity contribution >= 4 is 0 Å². The molecule has 3 nitrogen and oxygen atoms in total. The van der Waals surface area contributed by atoms with E-state index in [-0.39, 0.29) is 0 Å². The summed E-state index contributed by atoms with van der Waals surface area (Å²) in [5.74, 6) is 0.639. The summed E-state index contributed by atoms with van der Waals surface area (Å²) >= 11 is 0. The normalized spacial score (nSPS) is 28.9. The molecule has 1 unspecified atom stereocenters. The fourth-order valence-corrected chi connectivity index (χ4v) is 2.58. The molecule has 2 atom stereocenters. The third kappa shape index (κ3) is 1.57. The number of nitrogens with zero attached hydrogens (tertiary/aromatic N) is 2. The van der Waals surface area contributed by atoms with Crippen molar-refractivity contribution < 1.29 is 0 Å². The van der Waals surface area contributed by atoms with E-state index >= 15 is 0 Å². The summed E-state index contributed by atoms with van der Waals surface area (Å²) in [5, 5.41) is 0. The largest absolute Gasteiger partial charge is 0.348 e. The van der Waals surface area contributed by atoms with Gasteiger partial charge in [-0.25, -0.2) is 4.98 Å². The number of imidazole rings is 1. The highest BCUT2D eigenvalue weighted by atomic mass is 15.2. The van der Waals surface area contributed by atoms with Gasteiger partial charge in [0.2, 0.25) is 0 Å². The second-order valence-electron chi connectivity index (χ2n) is 4.47. The van der Waals surface area contributed by atoms with Crippen LogP contribution in [0.5, 0.6) is 0 Å². The van der Waals surface area contributed by atoms with Crippen molar-refractivity contribution in [1.82, 2.24) is 14.9 Å². The average Bonchev–Trinajstić information content (AvgIpc) is 2.71. The monoisotopic (exact) mass is 193 g/mol. The van der Waals surface area contributed by atoms with Gasteiger partial charge in [-0.15, -0.1) is 0 Å². The zero-order valence-corrected chi connectivity index (χ0v) is 9.20. The highest BCUT2D eigenvalue weighted by molar-refractivity contribution is 5.10. The van der Waals surface area contributed by atoms with Gasteiger partial charge in [-0.2, -0.15) is 0 Å². The summed E-state index contributed by atoms with van der Waals surface area (Å²) < 4.78 is 0. The van der Waals surface area contributed by atoms with Gasteiger partial charge in [-0.05, 0) is 33.7 Å². The van der Waals surface area contributed by atoms with Crippen LogP contribution >= 0.6 is 0 Å². The Balaban J connectivity index is 2.11. The first-order valence-corrected chi connectivity index (χ1v) is 5.44. The van der Waals surface area contributed by atoms with E-state index in [0.717, 1.165) is 0 Å².